The molecule has 0 aliphatic heterocycles. The Kier molecular flexibility index (Phi) is 5.51. The third kappa shape index (κ3) is 4.27. The third-order valence-corrected chi connectivity index (χ3v) is 3.88. The molecule has 0 aliphatic carbocycles. The van der Waals surface area contributed by atoms with E-state index in [0.717, 1.165) is 12.1 Å². The minimum absolute atomic E-state index is 0.0495. The molecule has 0 aliphatic rings. The quantitative estimate of drug-likeness (QED) is 0.860. The van der Waals surface area contributed by atoms with Gasteiger partial charge in [-0.25, -0.2) is 5.10 Å². The number of likely N-dealkylation sites (N-methyl/N-ethyl adjacent to an activating group) is 1. The van der Waals surface area contributed by atoms with Crippen LogP contribution in [0.1, 0.15) is 17.2 Å². The highest BCUT2D eigenvalue weighted by atomic mass is 35.5. The molecule has 1 aromatic carbocycles. The predicted molar refractivity (Wildman–Crippen MR) is 86.2 cm³/mol. The predicted octanol–water partition coefficient (Wildman–Crippen LogP) is 3.16. The summed E-state index contributed by atoms with van der Waals surface area (Å²) in [5.41, 5.74) is -0.430. The summed E-state index contributed by atoms with van der Waals surface area (Å²) in [5.74, 6) is 0. The van der Waals surface area contributed by atoms with E-state index in [9.17, 15) is 18.0 Å². The van der Waals surface area contributed by atoms with E-state index >= 15 is 0 Å². The summed E-state index contributed by atoms with van der Waals surface area (Å²) in [6.45, 7) is 0.249. The Bertz CT molecular complexity index is 761. The summed E-state index contributed by atoms with van der Waals surface area (Å²) in [6, 6.07) is 4.78. The maximum atomic E-state index is 12.9. The lowest BCUT2D eigenvalue weighted by Gasteiger charge is -2.26. The zero-order valence-electron chi connectivity index (χ0n) is 13.0. The lowest BCUT2D eigenvalue weighted by Crippen LogP contribution is -2.27. The SMILES string of the molecule is CN(C)C(CNc1cn[nH]c(=O)c1Cl)c1cccc(C(F)(F)F)c1. The average molecular weight is 361 g/mol. The van der Waals surface area contributed by atoms with Crippen molar-refractivity contribution >= 4 is 17.3 Å². The molecule has 130 valence electrons. The Hall–Kier alpha value is -2.06. The lowest BCUT2D eigenvalue weighted by atomic mass is 10.0. The molecular formula is C15H16ClF3N4O. The Labute approximate surface area is 141 Å². The molecule has 0 amide bonds. The first kappa shape index (κ1) is 18.3. The largest absolute Gasteiger partial charge is 0.416 e. The minimum atomic E-state index is -4.40. The molecule has 0 saturated carbocycles. The molecule has 24 heavy (non-hydrogen) atoms. The Morgan fingerprint density at radius 2 is 2.08 bits per heavy atom. The summed E-state index contributed by atoms with van der Waals surface area (Å²) in [5, 5.41) is 8.74. The van der Waals surface area contributed by atoms with Gasteiger partial charge >= 0.3 is 6.18 Å². The fraction of sp³-hybridized carbons (Fsp3) is 0.333. The van der Waals surface area contributed by atoms with Gasteiger partial charge in [-0.3, -0.25) is 4.79 Å². The Balaban J connectivity index is 2.24. The number of nitrogens with zero attached hydrogens (tertiary/aromatic N) is 2. The van der Waals surface area contributed by atoms with Crippen molar-refractivity contribution in [1.82, 2.24) is 15.1 Å². The number of rotatable bonds is 5. The van der Waals surface area contributed by atoms with E-state index in [0.29, 0.717) is 11.3 Å². The van der Waals surface area contributed by atoms with Crippen molar-refractivity contribution in [2.45, 2.75) is 12.2 Å². The van der Waals surface area contributed by atoms with E-state index in [-0.39, 0.29) is 17.6 Å². The van der Waals surface area contributed by atoms with E-state index in [1.807, 2.05) is 0 Å². The molecule has 2 N–H and O–H groups in total. The third-order valence-electron chi connectivity index (χ3n) is 3.50. The van der Waals surface area contributed by atoms with Crippen LogP contribution < -0.4 is 10.9 Å². The zero-order valence-corrected chi connectivity index (χ0v) is 13.7. The highest BCUT2D eigenvalue weighted by molar-refractivity contribution is 6.32. The average Bonchev–Trinajstić information content (AvgIpc) is 2.50. The van der Waals surface area contributed by atoms with Crippen LogP contribution in [-0.4, -0.2) is 35.7 Å². The van der Waals surface area contributed by atoms with Crippen LogP contribution in [0.4, 0.5) is 18.9 Å². The van der Waals surface area contributed by atoms with E-state index in [1.165, 1.54) is 12.3 Å². The first-order chi connectivity index (χ1) is 11.2. The van der Waals surface area contributed by atoms with Crippen molar-refractivity contribution in [3.05, 3.63) is 57.0 Å². The van der Waals surface area contributed by atoms with Gasteiger partial charge in [0.25, 0.3) is 5.56 Å². The van der Waals surface area contributed by atoms with Crippen LogP contribution in [0.15, 0.2) is 35.3 Å². The Morgan fingerprint density at radius 1 is 1.38 bits per heavy atom. The number of anilines is 1. The summed E-state index contributed by atoms with van der Waals surface area (Å²) in [7, 11) is 3.51. The monoisotopic (exact) mass is 360 g/mol. The fourth-order valence-corrected chi connectivity index (χ4v) is 2.39. The van der Waals surface area contributed by atoms with Gasteiger partial charge in [-0.05, 0) is 31.8 Å². The minimum Gasteiger partial charge on any atom is -0.380 e. The number of hydrogen-bond acceptors (Lipinski definition) is 4. The van der Waals surface area contributed by atoms with E-state index in [2.05, 4.69) is 15.5 Å². The number of hydrogen-bond donors (Lipinski definition) is 2. The molecular weight excluding hydrogens is 345 g/mol. The number of alkyl halides is 3. The van der Waals surface area contributed by atoms with Crippen molar-refractivity contribution < 1.29 is 13.2 Å². The van der Waals surface area contributed by atoms with Gasteiger partial charge in [0.2, 0.25) is 0 Å². The molecule has 5 nitrogen and oxygen atoms in total. The van der Waals surface area contributed by atoms with Crippen LogP contribution >= 0.6 is 11.6 Å². The van der Waals surface area contributed by atoms with Crippen LogP contribution in [0.3, 0.4) is 0 Å². The van der Waals surface area contributed by atoms with Gasteiger partial charge in [0.05, 0.1) is 23.5 Å². The first-order valence-corrected chi connectivity index (χ1v) is 7.38. The van der Waals surface area contributed by atoms with E-state index in [1.54, 1.807) is 25.1 Å². The number of H-pyrrole nitrogens is 1. The number of benzene rings is 1. The molecule has 2 aromatic rings. The molecule has 0 bridgehead atoms. The van der Waals surface area contributed by atoms with Crippen LogP contribution in [0.2, 0.25) is 5.02 Å². The second-order valence-corrected chi connectivity index (χ2v) is 5.79. The second kappa shape index (κ2) is 7.23. The van der Waals surface area contributed by atoms with Crippen molar-refractivity contribution in [2.24, 2.45) is 0 Å². The molecule has 1 aromatic heterocycles. The maximum Gasteiger partial charge on any atom is 0.416 e. The van der Waals surface area contributed by atoms with Crippen molar-refractivity contribution in [2.75, 3.05) is 26.0 Å². The van der Waals surface area contributed by atoms with Gasteiger partial charge in [0, 0.05) is 6.54 Å². The van der Waals surface area contributed by atoms with Crippen molar-refractivity contribution in [3.8, 4) is 0 Å². The van der Waals surface area contributed by atoms with Gasteiger partial charge in [-0.15, -0.1) is 0 Å². The fourth-order valence-electron chi connectivity index (χ4n) is 2.23. The molecule has 1 unspecified atom stereocenters. The molecule has 9 heteroatoms. The van der Waals surface area contributed by atoms with Gasteiger partial charge in [0.1, 0.15) is 5.02 Å². The van der Waals surface area contributed by atoms with Crippen LogP contribution in [0.5, 0.6) is 0 Å². The standard InChI is InChI=1S/C15H16ClF3N4O/c1-23(2)12(8-20-11-7-21-22-14(24)13(11)16)9-4-3-5-10(6-9)15(17,18)19/h3-7,12H,8H2,1-2H3,(H2,20,22,24). The maximum absolute atomic E-state index is 12.9. The summed E-state index contributed by atoms with van der Waals surface area (Å²) in [4.78, 5) is 13.2. The number of aromatic nitrogens is 2. The molecule has 0 saturated heterocycles. The van der Waals surface area contributed by atoms with Gasteiger partial charge in [-0.2, -0.15) is 18.3 Å². The number of aromatic amines is 1. The Morgan fingerprint density at radius 3 is 2.71 bits per heavy atom. The second-order valence-electron chi connectivity index (χ2n) is 5.41. The van der Waals surface area contributed by atoms with Crippen LogP contribution in [0.25, 0.3) is 0 Å². The van der Waals surface area contributed by atoms with E-state index < -0.39 is 17.3 Å². The molecule has 2 rings (SSSR count). The smallest absolute Gasteiger partial charge is 0.380 e. The van der Waals surface area contributed by atoms with Crippen LogP contribution in [0, 0.1) is 0 Å². The molecule has 0 radical (unpaired) electrons. The zero-order chi connectivity index (χ0) is 17.9. The van der Waals surface area contributed by atoms with Crippen molar-refractivity contribution in [3.63, 3.8) is 0 Å². The number of halogens is 4. The molecule has 1 atom stereocenters. The molecule has 0 spiro atoms. The number of nitrogens with one attached hydrogen (secondary N) is 2. The molecule has 1 heterocycles. The summed E-state index contributed by atoms with van der Waals surface area (Å²) >= 11 is 5.88. The van der Waals surface area contributed by atoms with Gasteiger partial charge < -0.3 is 10.2 Å². The lowest BCUT2D eigenvalue weighted by molar-refractivity contribution is -0.137. The van der Waals surface area contributed by atoms with Crippen molar-refractivity contribution in [1.29, 1.82) is 0 Å². The topological polar surface area (TPSA) is 61.0 Å². The summed E-state index contributed by atoms with van der Waals surface area (Å²) < 4.78 is 38.7. The first-order valence-electron chi connectivity index (χ1n) is 7.01. The van der Waals surface area contributed by atoms with Crippen LogP contribution in [-0.2, 0) is 6.18 Å². The van der Waals surface area contributed by atoms with Gasteiger partial charge in [0.15, 0.2) is 0 Å². The van der Waals surface area contributed by atoms with E-state index in [4.69, 9.17) is 11.6 Å². The normalized spacial score (nSPS) is 13.1. The highest BCUT2D eigenvalue weighted by Gasteiger charge is 2.31. The van der Waals surface area contributed by atoms with Gasteiger partial charge in [-0.1, -0.05) is 23.7 Å². The highest BCUT2D eigenvalue weighted by Crippen LogP contribution is 2.31. The summed E-state index contributed by atoms with van der Waals surface area (Å²) in [6.07, 6.45) is -3.05. The molecule has 0 fully saturated rings.